The number of aliphatic hydroxyl groups excluding tert-OH is 1. The Morgan fingerprint density at radius 1 is 1.14 bits per heavy atom. The molecule has 0 aliphatic heterocycles. The van der Waals surface area contributed by atoms with Crippen LogP contribution in [0.25, 0.3) is 0 Å². The Bertz CT molecular complexity index is 551. The smallest absolute Gasteiger partial charge is 0.144 e. The van der Waals surface area contributed by atoms with E-state index in [9.17, 15) is 14.7 Å². The molecule has 0 aromatic heterocycles. The molecule has 2 bridgehead atoms. The largest absolute Gasteiger partial charge is 0.393 e. The van der Waals surface area contributed by atoms with Gasteiger partial charge in [0.15, 0.2) is 0 Å². The number of aliphatic hydroxyl groups is 1. The Hall–Kier alpha value is -0.960. The van der Waals surface area contributed by atoms with Crippen LogP contribution in [0.5, 0.6) is 0 Å². The molecule has 0 amide bonds. The SMILES string of the molecule is C[C@@H]1C=C[C@H](C)[C@H]2C(=O)C3C(C(=O)[C@]12C)[C@H]1C[C@H]3[C@@H](O)C1. The van der Waals surface area contributed by atoms with Gasteiger partial charge in [-0.25, -0.2) is 0 Å². The number of carbonyl (C=O) groups is 2. The summed E-state index contributed by atoms with van der Waals surface area (Å²) in [5.41, 5.74) is -0.540. The van der Waals surface area contributed by atoms with Crippen LogP contribution in [-0.4, -0.2) is 22.8 Å². The van der Waals surface area contributed by atoms with E-state index < -0.39 is 5.41 Å². The minimum atomic E-state index is -0.540. The normalized spacial score (nSPS) is 58.3. The van der Waals surface area contributed by atoms with Gasteiger partial charge in [-0.3, -0.25) is 9.59 Å². The Morgan fingerprint density at radius 2 is 1.86 bits per heavy atom. The molecule has 0 saturated heterocycles. The van der Waals surface area contributed by atoms with Crippen molar-refractivity contribution < 1.29 is 14.7 Å². The number of hydrogen-bond acceptors (Lipinski definition) is 3. The molecule has 0 spiro atoms. The third-order valence-corrected chi connectivity index (χ3v) is 7.26. The van der Waals surface area contributed by atoms with Crippen LogP contribution in [0.1, 0.15) is 33.6 Å². The maximum atomic E-state index is 13.3. The maximum Gasteiger partial charge on any atom is 0.144 e. The highest BCUT2D eigenvalue weighted by Crippen LogP contribution is 2.62. The number of carbonyl (C=O) groups excluding carboxylic acids is 2. The van der Waals surface area contributed by atoms with E-state index >= 15 is 0 Å². The molecule has 4 aliphatic rings. The van der Waals surface area contributed by atoms with E-state index in [-0.39, 0.29) is 53.3 Å². The molecule has 3 heteroatoms. The number of fused-ring (bicyclic) bond motifs is 6. The van der Waals surface area contributed by atoms with Crippen molar-refractivity contribution in [2.75, 3.05) is 0 Å². The first-order valence-electron chi connectivity index (χ1n) is 8.31. The Labute approximate surface area is 125 Å². The summed E-state index contributed by atoms with van der Waals surface area (Å²) in [4.78, 5) is 26.5. The number of ketones is 2. The van der Waals surface area contributed by atoms with Gasteiger partial charge in [-0.1, -0.05) is 32.9 Å². The quantitative estimate of drug-likeness (QED) is 0.696. The average molecular weight is 288 g/mol. The lowest BCUT2D eigenvalue weighted by Gasteiger charge is -2.53. The van der Waals surface area contributed by atoms with Gasteiger partial charge in [-0.15, -0.1) is 0 Å². The van der Waals surface area contributed by atoms with Gasteiger partial charge in [-0.2, -0.15) is 0 Å². The molecule has 0 radical (unpaired) electrons. The summed E-state index contributed by atoms with van der Waals surface area (Å²) in [6.45, 7) is 6.14. The summed E-state index contributed by atoms with van der Waals surface area (Å²) in [6, 6.07) is 0. The van der Waals surface area contributed by atoms with E-state index in [0.29, 0.717) is 12.2 Å². The molecular weight excluding hydrogens is 264 g/mol. The monoisotopic (exact) mass is 288 g/mol. The molecule has 0 aromatic carbocycles. The zero-order chi connectivity index (χ0) is 15.1. The Morgan fingerprint density at radius 3 is 2.57 bits per heavy atom. The molecular formula is C18H24O3. The molecule has 0 aromatic rings. The summed E-state index contributed by atoms with van der Waals surface area (Å²) in [6.07, 6.45) is 5.43. The fraction of sp³-hybridized carbons (Fsp3) is 0.778. The molecule has 9 atom stereocenters. The first kappa shape index (κ1) is 13.7. The number of hydrogen-bond donors (Lipinski definition) is 1. The van der Waals surface area contributed by atoms with Crippen LogP contribution in [-0.2, 0) is 9.59 Å². The summed E-state index contributed by atoms with van der Waals surface area (Å²) >= 11 is 0. The van der Waals surface area contributed by atoms with Crippen molar-refractivity contribution in [3.63, 3.8) is 0 Å². The highest BCUT2D eigenvalue weighted by Gasteiger charge is 2.67. The fourth-order valence-electron chi connectivity index (χ4n) is 6.07. The second-order valence-corrected chi connectivity index (χ2v) is 8.07. The van der Waals surface area contributed by atoms with E-state index in [4.69, 9.17) is 0 Å². The zero-order valence-electron chi connectivity index (χ0n) is 13.0. The van der Waals surface area contributed by atoms with Crippen molar-refractivity contribution in [3.05, 3.63) is 12.2 Å². The van der Waals surface area contributed by atoms with Gasteiger partial charge >= 0.3 is 0 Å². The van der Waals surface area contributed by atoms with Crippen LogP contribution in [0.4, 0.5) is 0 Å². The fourth-order valence-corrected chi connectivity index (χ4v) is 6.07. The Kier molecular flexibility index (Phi) is 2.65. The minimum absolute atomic E-state index is 0.0365. The van der Waals surface area contributed by atoms with E-state index in [2.05, 4.69) is 26.0 Å². The van der Waals surface area contributed by atoms with Crippen LogP contribution >= 0.6 is 0 Å². The predicted octanol–water partition coefficient (Wildman–Crippen LogP) is 2.24. The molecule has 4 rings (SSSR count). The van der Waals surface area contributed by atoms with E-state index in [1.54, 1.807) is 0 Å². The van der Waals surface area contributed by atoms with Crippen LogP contribution in [0, 0.1) is 46.8 Å². The van der Waals surface area contributed by atoms with Crippen molar-refractivity contribution in [3.8, 4) is 0 Å². The van der Waals surface area contributed by atoms with Gasteiger partial charge in [0.1, 0.15) is 11.6 Å². The summed E-state index contributed by atoms with van der Waals surface area (Å²) in [5.74, 6) is 0.570. The van der Waals surface area contributed by atoms with E-state index in [1.807, 2.05) is 6.92 Å². The van der Waals surface area contributed by atoms with Gasteiger partial charge in [0.2, 0.25) is 0 Å². The molecule has 114 valence electrons. The number of Topliss-reactive ketones (excluding diaryl/α,β-unsaturated/α-hetero) is 2. The van der Waals surface area contributed by atoms with Gasteiger partial charge in [0, 0.05) is 23.2 Å². The second kappa shape index (κ2) is 4.07. The maximum absolute atomic E-state index is 13.3. The summed E-state index contributed by atoms with van der Waals surface area (Å²) < 4.78 is 0. The number of allylic oxidation sites excluding steroid dienone is 2. The van der Waals surface area contributed by atoms with Gasteiger partial charge < -0.3 is 5.11 Å². The average Bonchev–Trinajstić information content (AvgIpc) is 2.97. The molecule has 2 unspecified atom stereocenters. The standard InChI is InChI=1S/C18H24O3/c1-8-4-5-9(2)18(3)15(8)16(20)14-11-6-10(7-12(11)19)13(14)17(18)21/h4-5,8-15,19H,6-7H2,1-3H3/t8-,9+,10-,11-,12-,13?,14?,15-,18+/m0/s1. The second-order valence-electron chi connectivity index (χ2n) is 8.07. The minimum Gasteiger partial charge on any atom is -0.393 e. The molecule has 0 heterocycles. The highest BCUT2D eigenvalue weighted by molar-refractivity contribution is 6.03. The predicted molar refractivity (Wildman–Crippen MR) is 78.3 cm³/mol. The van der Waals surface area contributed by atoms with Crippen LogP contribution in [0.2, 0.25) is 0 Å². The molecule has 4 aliphatic carbocycles. The van der Waals surface area contributed by atoms with Crippen molar-refractivity contribution in [2.45, 2.75) is 39.7 Å². The zero-order valence-corrected chi connectivity index (χ0v) is 13.0. The first-order valence-corrected chi connectivity index (χ1v) is 8.31. The molecule has 3 nitrogen and oxygen atoms in total. The lowest BCUT2D eigenvalue weighted by atomic mass is 9.48. The van der Waals surface area contributed by atoms with Crippen molar-refractivity contribution in [1.82, 2.24) is 0 Å². The van der Waals surface area contributed by atoms with Gasteiger partial charge in [0.25, 0.3) is 0 Å². The topological polar surface area (TPSA) is 54.4 Å². The van der Waals surface area contributed by atoms with Gasteiger partial charge in [0.05, 0.1) is 6.10 Å². The summed E-state index contributed by atoms with van der Waals surface area (Å²) in [5, 5.41) is 10.2. The van der Waals surface area contributed by atoms with Gasteiger partial charge in [-0.05, 0) is 36.5 Å². The van der Waals surface area contributed by atoms with Crippen LogP contribution in [0.15, 0.2) is 12.2 Å². The van der Waals surface area contributed by atoms with E-state index in [1.165, 1.54) is 0 Å². The van der Waals surface area contributed by atoms with Crippen molar-refractivity contribution in [1.29, 1.82) is 0 Å². The molecule has 1 N–H and O–H groups in total. The third kappa shape index (κ3) is 1.44. The number of rotatable bonds is 0. The van der Waals surface area contributed by atoms with Crippen molar-refractivity contribution >= 4 is 11.6 Å². The first-order chi connectivity index (χ1) is 9.87. The van der Waals surface area contributed by atoms with Crippen LogP contribution < -0.4 is 0 Å². The lowest BCUT2D eigenvalue weighted by Crippen LogP contribution is -2.61. The van der Waals surface area contributed by atoms with Crippen molar-refractivity contribution in [2.24, 2.45) is 46.8 Å². The Balaban J connectivity index is 1.83. The molecule has 21 heavy (non-hydrogen) atoms. The highest BCUT2D eigenvalue weighted by atomic mass is 16.3. The lowest BCUT2D eigenvalue weighted by molar-refractivity contribution is -0.164. The molecule has 3 fully saturated rings. The third-order valence-electron chi connectivity index (χ3n) is 7.26. The molecule has 3 saturated carbocycles. The van der Waals surface area contributed by atoms with Crippen LogP contribution in [0.3, 0.4) is 0 Å². The summed E-state index contributed by atoms with van der Waals surface area (Å²) in [7, 11) is 0. The van der Waals surface area contributed by atoms with E-state index in [0.717, 1.165) is 6.42 Å².